The monoisotopic (exact) mass is 287 g/mol. The Morgan fingerprint density at radius 1 is 1.24 bits per heavy atom. The molecule has 0 aliphatic carbocycles. The molecule has 114 valence electrons. The average molecular weight is 287 g/mol. The van der Waals surface area contributed by atoms with Gasteiger partial charge in [0.15, 0.2) is 0 Å². The van der Waals surface area contributed by atoms with Crippen LogP contribution in [0.3, 0.4) is 0 Å². The van der Waals surface area contributed by atoms with E-state index in [0.717, 1.165) is 30.4 Å². The van der Waals surface area contributed by atoms with Crippen LogP contribution in [-0.4, -0.2) is 17.6 Å². The van der Waals surface area contributed by atoms with Crippen molar-refractivity contribution in [2.45, 2.75) is 46.3 Å². The van der Waals surface area contributed by atoms with Crippen molar-refractivity contribution in [3.63, 3.8) is 0 Å². The Kier molecular flexibility index (Phi) is 4.68. The summed E-state index contributed by atoms with van der Waals surface area (Å²) in [5, 5.41) is 3.46. The lowest BCUT2D eigenvalue weighted by molar-refractivity contribution is 0.421. The van der Waals surface area contributed by atoms with Crippen molar-refractivity contribution in [3.8, 4) is 0 Å². The van der Waals surface area contributed by atoms with E-state index in [9.17, 15) is 0 Å². The lowest BCUT2D eigenvalue weighted by atomic mass is 10.1. The molecule has 0 aliphatic rings. The van der Waals surface area contributed by atoms with E-state index in [0.29, 0.717) is 0 Å². The number of anilines is 1. The minimum absolute atomic E-state index is 0.0947. The standard InChI is InChI=1S/C17H25N3O/c1-13-14(9-10-21-13)12-20(5)16-8-6-7-15(19-16)11-18-17(2,3)4/h6-10,18H,11-12H2,1-5H3. The van der Waals surface area contributed by atoms with Crippen LogP contribution in [-0.2, 0) is 13.1 Å². The molecule has 2 rings (SSSR count). The van der Waals surface area contributed by atoms with Crippen molar-refractivity contribution in [1.29, 1.82) is 0 Å². The highest BCUT2D eigenvalue weighted by Gasteiger charge is 2.11. The van der Waals surface area contributed by atoms with Crippen LogP contribution in [0.2, 0.25) is 0 Å². The van der Waals surface area contributed by atoms with Crippen LogP contribution >= 0.6 is 0 Å². The molecule has 0 bridgehead atoms. The summed E-state index contributed by atoms with van der Waals surface area (Å²) >= 11 is 0. The highest BCUT2D eigenvalue weighted by Crippen LogP contribution is 2.16. The first-order valence-electron chi connectivity index (χ1n) is 7.30. The summed E-state index contributed by atoms with van der Waals surface area (Å²) in [7, 11) is 2.05. The number of hydrogen-bond acceptors (Lipinski definition) is 4. The van der Waals surface area contributed by atoms with Crippen molar-refractivity contribution >= 4 is 5.82 Å². The first-order valence-corrected chi connectivity index (χ1v) is 7.30. The number of pyridine rings is 1. The molecule has 0 saturated heterocycles. The van der Waals surface area contributed by atoms with Gasteiger partial charge in [0.05, 0.1) is 12.0 Å². The minimum Gasteiger partial charge on any atom is -0.469 e. The number of furan rings is 1. The third kappa shape index (κ3) is 4.60. The summed E-state index contributed by atoms with van der Waals surface area (Å²) in [5.41, 5.74) is 2.34. The molecule has 0 spiro atoms. The molecule has 1 N–H and O–H groups in total. The molecule has 0 unspecified atom stereocenters. The Labute approximate surface area is 127 Å². The third-order valence-corrected chi connectivity index (χ3v) is 3.36. The fourth-order valence-corrected chi connectivity index (χ4v) is 2.05. The molecule has 0 fully saturated rings. The van der Waals surface area contributed by atoms with Crippen LogP contribution in [0.5, 0.6) is 0 Å². The zero-order valence-corrected chi connectivity index (χ0v) is 13.6. The van der Waals surface area contributed by atoms with E-state index in [1.165, 1.54) is 5.56 Å². The summed E-state index contributed by atoms with van der Waals surface area (Å²) in [5.74, 6) is 1.94. The van der Waals surface area contributed by atoms with Gasteiger partial charge in [-0.05, 0) is 45.9 Å². The highest BCUT2D eigenvalue weighted by atomic mass is 16.3. The van der Waals surface area contributed by atoms with Crippen LogP contribution in [0, 0.1) is 6.92 Å². The second-order valence-electron chi connectivity index (χ2n) is 6.45. The molecule has 0 amide bonds. The largest absolute Gasteiger partial charge is 0.469 e. The summed E-state index contributed by atoms with van der Waals surface area (Å²) < 4.78 is 5.34. The van der Waals surface area contributed by atoms with Crippen molar-refractivity contribution in [2.24, 2.45) is 0 Å². The van der Waals surface area contributed by atoms with E-state index in [-0.39, 0.29) is 5.54 Å². The van der Waals surface area contributed by atoms with Gasteiger partial charge in [-0.15, -0.1) is 0 Å². The first kappa shape index (κ1) is 15.6. The quantitative estimate of drug-likeness (QED) is 0.913. The Morgan fingerprint density at radius 2 is 2.00 bits per heavy atom. The summed E-state index contributed by atoms with van der Waals surface area (Å²) in [6.45, 7) is 10.0. The molecule has 2 heterocycles. The van der Waals surface area contributed by atoms with Crippen molar-refractivity contribution in [3.05, 3.63) is 47.5 Å². The number of hydrogen-bond donors (Lipinski definition) is 1. The smallest absolute Gasteiger partial charge is 0.128 e. The topological polar surface area (TPSA) is 41.3 Å². The summed E-state index contributed by atoms with van der Waals surface area (Å²) in [6.07, 6.45) is 1.73. The van der Waals surface area contributed by atoms with Crippen LogP contribution in [0.25, 0.3) is 0 Å². The molecule has 4 nitrogen and oxygen atoms in total. The molecular weight excluding hydrogens is 262 g/mol. The van der Waals surface area contributed by atoms with Gasteiger partial charge in [0.25, 0.3) is 0 Å². The van der Waals surface area contributed by atoms with Crippen LogP contribution in [0.4, 0.5) is 5.82 Å². The molecule has 0 aromatic carbocycles. The molecule has 21 heavy (non-hydrogen) atoms. The van der Waals surface area contributed by atoms with E-state index in [2.05, 4.69) is 50.2 Å². The lowest BCUT2D eigenvalue weighted by Gasteiger charge is -2.22. The molecule has 0 atom stereocenters. The number of nitrogens with one attached hydrogen (secondary N) is 1. The summed E-state index contributed by atoms with van der Waals surface area (Å²) in [6, 6.07) is 8.16. The Hall–Kier alpha value is -1.81. The average Bonchev–Trinajstić information content (AvgIpc) is 2.81. The van der Waals surface area contributed by atoms with Gasteiger partial charge in [0, 0.05) is 31.2 Å². The predicted octanol–water partition coefficient (Wildman–Crippen LogP) is 3.51. The van der Waals surface area contributed by atoms with Crippen molar-refractivity contribution in [2.75, 3.05) is 11.9 Å². The van der Waals surface area contributed by atoms with Crippen LogP contribution < -0.4 is 10.2 Å². The van der Waals surface area contributed by atoms with Gasteiger partial charge >= 0.3 is 0 Å². The van der Waals surface area contributed by atoms with Gasteiger partial charge in [0.2, 0.25) is 0 Å². The Balaban J connectivity index is 2.04. The Bertz CT molecular complexity index is 584. The number of aromatic nitrogens is 1. The van der Waals surface area contributed by atoms with Gasteiger partial charge in [-0.1, -0.05) is 6.07 Å². The molecule has 4 heteroatoms. The van der Waals surface area contributed by atoms with Crippen molar-refractivity contribution in [1.82, 2.24) is 10.3 Å². The molecule has 2 aromatic rings. The van der Waals surface area contributed by atoms with Gasteiger partial charge in [-0.3, -0.25) is 0 Å². The maximum absolute atomic E-state index is 5.34. The van der Waals surface area contributed by atoms with Crippen LogP contribution in [0.1, 0.15) is 37.8 Å². The Morgan fingerprint density at radius 3 is 2.62 bits per heavy atom. The normalized spacial score (nSPS) is 11.7. The van der Waals surface area contributed by atoms with Gasteiger partial charge in [0.1, 0.15) is 11.6 Å². The van der Waals surface area contributed by atoms with E-state index in [1.807, 2.05) is 19.1 Å². The highest BCUT2D eigenvalue weighted by molar-refractivity contribution is 5.39. The molecule has 0 radical (unpaired) electrons. The fraction of sp³-hybridized carbons (Fsp3) is 0.471. The molecule has 0 aliphatic heterocycles. The molecular formula is C17H25N3O. The SMILES string of the molecule is Cc1occc1CN(C)c1cccc(CNC(C)(C)C)n1. The predicted molar refractivity (Wildman–Crippen MR) is 86.4 cm³/mol. The second-order valence-corrected chi connectivity index (χ2v) is 6.45. The van der Waals surface area contributed by atoms with E-state index in [4.69, 9.17) is 9.40 Å². The number of nitrogens with zero attached hydrogens (tertiary/aromatic N) is 2. The first-order chi connectivity index (χ1) is 9.85. The molecule has 2 aromatic heterocycles. The van der Waals surface area contributed by atoms with E-state index in [1.54, 1.807) is 6.26 Å². The van der Waals surface area contributed by atoms with Gasteiger partial charge < -0.3 is 14.6 Å². The molecule has 0 saturated carbocycles. The minimum atomic E-state index is 0.0947. The lowest BCUT2D eigenvalue weighted by Crippen LogP contribution is -2.35. The van der Waals surface area contributed by atoms with Gasteiger partial charge in [-0.25, -0.2) is 4.98 Å². The fourth-order valence-electron chi connectivity index (χ4n) is 2.05. The van der Waals surface area contributed by atoms with E-state index < -0.39 is 0 Å². The third-order valence-electron chi connectivity index (χ3n) is 3.36. The zero-order valence-electron chi connectivity index (χ0n) is 13.6. The van der Waals surface area contributed by atoms with E-state index >= 15 is 0 Å². The maximum Gasteiger partial charge on any atom is 0.128 e. The number of rotatable bonds is 5. The summed E-state index contributed by atoms with van der Waals surface area (Å²) in [4.78, 5) is 6.86. The zero-order chi connectivity index (χ0) is 15.5. The van der Waals surface area contributed by atoms with Crippen LogP contribution in [0.15, 0.2) is 34.9 Å². The van der Waals surface area contributed by atoms with Crippen molar-refractivity contribution < 1.29 is 4.42 Å². The second kappa shape index (κ2) is 6.31. The number of aryl methyl sites for hydroxylation is 1. The van der Waals surface area contributed by atoms with Gasteiger partial charge in [-0.2, -0.15) is 0 Å². The maximum atomic E-state index is 5.34.